The highest BCUT2D eigenvalue weighted by Gasteiger charge is 2.26. The van der Waals surface area contributed by atoms with Crippen LogP contribution in [0.25, 0.3) is 0 Å². The summed E-state index contributed by atoms with van der Waals surface area (Å²) in [6.45, 7) is 7.37. The van der Waals surface area contributed by atoms with E-state index in [2.05, 4.69) is 12.2 Å². The fourth-order valence-corrected chi connectivity index (χ4v) is 2.49. The number of rotatable bonds is 2. The van der Waals surface area contributed by atoms with Crippen LogP contribution in [0, 0.1) is 0 Å². The number of ether oxygens (including phenoxy) is 1. The molecule has 1 fully saturated rings. The van der Waals surface area contributed by atoms with Crippen molar-refractivity contribution in [3.8, 4) is 0 Å². The summed E-state index contributed by atoms with van der Waals surface area (Å²) < 4.78 is 5.64. The lowest BCUT2D eigenvalue weighted by atomic mass is 10.1. The molecule has 0 unspecified atom stereocenters. The molecule has 1 aliphatic heterocycles. The molecule has 0 spiro atoms. The minimum Gasteiger partial charge on any atom is -0.372 e. The van der Waals surface area contributed by atoms with E-state index in [4.69, 9.17) is 4.74 Å². The molecule has 0 aliphatic carbocycles. The van der Waals surface area contributed by atoms with Crippen molar-refractivity contribution in [3.63, 3.8) is 0 Å². The number of carbonyl (C=O) groups excluding carboxylic acids is 1. The third-order valence-electron chi connectivity index (χ3n) is 3.35. The molecule has 1 aliphatic rings. The SMILES string of the molecule is CCc1ccccc1NC(=O)N1C[C@@H](C)O[C@H](C)C1. The molecule has 2 rings (SSSR count). The second-order valence-corrected chi connectivity index (χ2v) is 5.10. The van der Waals surface area contributed by atoms with E-state index in [0.29, 0.717) is 13.1 Å². The summed E-state index contributed by atoms with van der Waals surface area (Å²) >= 11 is 0. The molecule has 1 aromatic rings. The molecule has 0 saturated carbocycles. The second-order valence-electron chi connectivity index (χ2n) is 5.10. The summed E-state index contributed by atoms with van der Waals surface area (Å²) in [4.78, 5) is 14.1. The number of amides is 2. The summed E-state index contributed by atoms with van der Waals surface area (Å²) in [5.41, 5.74) is 2.06. The van der Waals surface area contributed by atoms with Gasteiger partial charge >= 0.3 is 6.03 Å². The Kier molecular flexibility index (Phi) is 4.43. The van der Waals surface area contributed by atoms with Gasteiger partial charge in [0.15, 0.2) is 0 Å². The number of urea groups is 1. The molecule has 104 valence electrons. The molecule has 1 aromatic carbocycles. The maximum atomic E-state index is 12.3. The van der Waals surface area contributed by atoms with Crippen LogP contribution in [-0.4, -0.2) is 36.2 Å². The Morgan fingerprint density at radius 2 is 1.95 bits per heavy atom. The van der Waals surface area contributed by atoms with E-state index in [9.17, 15) is 4.79 Å². The molecular weight excluding hydrogens is 240 g/mol. The molecule has 0 radical (unpaired) electrons. The van der Waals surface area contributed by atoms with Crippen LogP contribution in [0.15, 0.2) is 24.3 Å². The Morgan fingerprint density at radius 1 is 1.32 bits per heavy atom. The molecule has 2 atom stereocenters. The van der Waals surface area contributed by atoms with E-state index in [-0.39, 0.29) is 18.2 Å². The van der Waals surface area contributed by atoms with Crippen molar-refractivity contribution in [3.05, 3.63) is 29.8 Å². The van der Waals surface area contributed by atoms with Crippen molar-refractivity contribution in [1.82, 2.24) is 4.90 Å². The largest absolute Gasteiger partial charge is 0.372 e. The predicted molar refractivity (Wildman–Crippen MR) is 76.4 cm³/mol. The van der Waals surface area contributed by atoms with Gasteiger partial charge in [-0.1, -0.05) is 25.1 Å². The van der Waals surface area contributed by atoms with Gasteiger partial charge in [-0.3, -0.25) is 0 Å². The number of aryl methyl sites for hydroxylation is 1. The van der Waals surface area contributed by atoms with Crippen molar-refractivity contribution in [2.45, 2.75) is 39.4 Å². The first-order valence-corrected chi connectivity index (χ1v) is 6.89. The van der Waals surface area contributed by atoms with E-state index in [0.717, 1.165) is 17.7 Å². The molecule has 1 heterocycles. The quantitative estimate of drug-likeness (QED) is 0.890. The number of morpholine rings is 1. The van der Waals surface area contributed by atoms with Gasteiger partial charge in [-0.25, -0.2) is 4.79 Å². The Morgan fingerprint density at radius 3 is 2.58 bits per heavy atom. The summed E-state index contributed by atoms with van der Waals surface area (Å²) in [5.74, 6) is 0. The summed E-state index contributed by atoms with van der Waals surface area (Å²) in [7, 11) is 0. The number of nitrogens with zero attached hydrogens (tertiary/aromatic N) is 1. The van der Waals surface area contributed by atoms with Crippen molar-refractivity contribution in [2.24, 2.45) is 0 Å². The first kappa shape index (κ1) is 13.9. The summed E-state index contributed by atoms with van der Waals surface area (Å²) in [5, 5.41) is 3.00. The van der Waals surface area contributed by atoms with Crippen LogP contribution in [0.1, 0.15) is 26.3 Å². The molecule has 1 N–H and O–H groups in total. The Bertz CT molecular complexity index is 438. The van der Waals surface area contributed by atoms with Crippen LogP contribution in [0.5, 0.6) is 0 Å². The van der Waals surface area contributed by atoms with Crippen LogP contribution >= 0.6 is 0 Å². The van der Waals surface area contributed by atoms with Crippen LogP contribution in [0.2, 0.25) is 0 Å². The van der Waals surface area contributed by atoms with Crippen molar-refractivity contribution in [2.75, 3.05) is 18.4 Å². The number of hydrogen-bond acceptors (Lipinski definition) is 2. The average Bonchev–Trinajstić information content (AvgIpc) is 2.38. The van der Waals surface area contributed by atoms with Gasteiger partial charge in [0.2, 0.25) is 0 Å². The van der Waals surface area contributed by atoms with Crippen molar-refractivity contribution in [1.29, 1.82) is 0 Å². The maximum Gasteiger partial charge on any atom is 0.322 e. The number of benzene rings is 1. The van der Waals surface area contributed by atoms with Crippen LogP contribution in [0.3, 0.4) is 0 Å². The molecule has 4 nitrogen and oxygen atoms in total. The monoisotopic (exact) mass is 262 g/mol. The third kappa shape index (κ3) is 3.47. The zero-order valence-electron chi connectivity index (χ0n) is 11.8. The second kappa shape index (κ2) is 6.06. The minimum atomic E-state index is -0.0390. The predicted octanol–water partition coefficient (Wildman–Crippen LogP) is 2.89. The normalized spacial score (nSPS) is 23.2. The number of hydrogen-bond donors (Lipinski definition) is 1. The lowest BCUT2D eigenvalue weighted by molar-refractivity contribution is -0.0530. The Labute approximate surface area is 114 Å². The zero-order valence-corrected chi connectivity index (χ0v) is 11.8. The highest BCUT2D eigenvalue weighted by molar-refractivity contribution is 5.90. The summed E-state index contributed by atoms with van der Waals surface area (Å²) in [6.07, 6.45) is 1.10. The number of para-hydroxylation sites is 1. The zero-order chi connectivity index (χ0) is 13.8. The molecular formula is C15H22N2O2. The fraction of sp³-hybridized carbons (Fsp3) is 0.533. The van der Waals surface area contributed by atoms with Crippen molar-refractivity contribution < 1.29 is 9.53 Å². The molecule has 19 heavy (non-hydrogen) atoms. The first-order chi connectivity index (χ1) is 9.10. The van der Waals surface area contributed by atoms with E-state index in [1.807, 2.05) is 43.0 Å². The molecule has 0 aromatic heterocycles. The molecule has 4 heteroatoms. The van der Waals surface area contributed by atoms with Crippen LogP contribution in [0.4, 0.5) is 10.5 Å². The van der Waals surface area contributed by atoms with E-state index < -0.39 is 0 Å². The van der Waals surface area contributed by atoms with Gasteiger partial charge in [-0.05, 0) is 31.9 Å². The van der Waals surface area contributed by atoms with Crippen molar-refractivity contribution >= 4 is 11.7 Å². The van der Waals surface area contributed by atoms with Gasteiger partial charge in [0.1, 0.15) is 0 Å². The Hall–Kier alpha value is -1.55. The van der Waals surface area contributed by atoms with Gasteiger partial charge in [0.25, 0.3) is 0 Å². The maximum absolute atomic E-state index is 12.3. The third-order valence-corrected chi connectivity index (χ3v) is 3.35. The van der Waals surface area contributed by atoms with Crippen LogP contribution in [-0.2, 0) is 11.2 Å². The first-order valence-electron chi connectivity index (χ1n) is 6.89. The van der Waals surface area contributed by atoms with Crippen LogP contribution < -0.4 is 5.32 Å². The minimum absolute atomic E-state index is 0.0390. The number of nitrogens with one attached hydrogen (secondary N) is 1. The lowest BCUT2D eigenvalue weighted by Crippen LogP contribution is -2.49. The van der Waals surface area contributed by atoms with Gasteiger partial charge in [0, 0.05) is 18.8 Å². The van der Waals surface area contributed by atoms with Gasteiger partial charge in [-0.2, -0.15) is 0 Å². The van der Waals surface area contributed by atoms with Gasteiger partial charge in [-0.15, -0.1) is 0 Å². The van der Waals surface area contributed by atoms with Gasteiger partial charge < -0.3 is 15.0 Å². The number of anilines is 1. The average molecular weight is 262 g/mol. The summed E-state index contributed by atoms with van der Waals surface area (Å²) in [6, 6.07) is 7.89. The highest BCUT2D eigenvalue weighted by Crippen LogP contribution is 2.17. The van der Waals surface area contributed by atoms with Gasteiger partial charge in [0.05, 0.1) is 12.2 Å². The van der Waals surface area contributed by atoms with E-state index in [1.165, 1.54) is 0 Å². The molecule has 1 saturated heterocycles. The lowest BCUT2D eigenvalue weighted by Gasteiger charge is -2.35. The molecule has 2 amide bonds. The van der Waals surface area contributed by atoms with E-state index >= 15 is 0 Å². The number of carbonyl (C=O) groups is 1. The Balaban J connectivity index is 2.04. The fourth-order valence-electron chi connectivity index (χ4n) is 2.49. The topological polar surface area (TPSA) is 41.6 Å². The standard InChI is InChI=1S/C15H22N2O2/c1-4-13-7-5-6-8-14(13)16-15(18)17-9-11(2)19-12(3)10-17/h5-8,11-12H,4,9-10H2,1-3H3,(H,16,18)/t11-,12-/m1/s1. The molecule has 0 bridgehead atoms. The highest BCUT2D eigenvalue weighted by atomic mass is 16.5. The van der Waals surface area contributed by atoms with E-state index in [1.54, 1.807) is 0 Å². The smallest absolute Gasteiger partial charge is 0.322 e.